The summed E-state index contributed by atoms with van der Waals surface area (Å²) < 4.78 is 14.7. The highest BCUT2D eigenvalue weighted by molar-refractivity contribution is 6.10. The summed E-state index contributed by atoms with van der Waals surface area (Å²) in [6.07, 6.45) is 0. The first-order chi connectivity index (χ1) is 9.42. The molecule has 20 heavy (non-hydrogen) atoms. The number of anilines is 1. The average Bonchev–Trinajstić information content (AvgIpc) is 2.38. The molecule has 104 valence electrons. The van der Waals surface area contributed by atoms with E-state index in [4.69, 9.17) is 9.47 Å². The molecule has 0 atom stereocenters. The van der Waals surface area contributed by atoms with Crippen LogP contribution in [0.1, 0.15) is 17.3 Å². The maximum absolute atomic E-state index is 11.7. The molecule has 1 N–H and O–H groups in total. The molecule has 0 saturated carbocycles. The number of hydrogen-bond donors (Lipinski definition) is 1. The number of esters is 2. The second-order valence-corrected chi connectivity index (χ2v) is 3.91. The fraction of sp³-hybridized carbons (Fsp3) is 0.154. The maximum atomic E-state index is 11.7. The van der Waals surface area contributed by atoms with E-state index in [0.29, 0.717) is 0 Å². The number of nitrogens with one attached hydrogen (secondary N) is 1. The Hall–Kier alpha value is -2.83. The second kappa shape index (κ2) is 5.04. The van der Waals surface area contributed by atoms with Crippen molar-refractivity contribution in [3.05, 3.63) is 30.0 Å². The van der Waals surface area contributed by atoms with Crippen LogP contribution < -0.4 is 14.8 Å². The number of ether oxygens (including phenoxy) is 3. The normalized spacial score (nSPS) is 12.9. The number of benzene rings is 1. The smallest absolute Gasteiger partial charge is 0.340 e. The molecule has 0 fully saturated rings. The molecule has 2 rings (SSSR count). The third kappa shape index (κ3) is 2.46. The number of carbonyl (C=O) groups is 3. The lowest BCUT2D eigenvalue weighted by Crippen LogP contribution is -2.25. The molecule has 0 radical (unpaired) electrons. The van der Waals surface area contributed by atoms with Crippen molar-refractivity contribution in [3.63, 3.8) is 0 Å². The molecule has 0 unspecified atom stereocenters. The number of carbonyl (C=O) groups excluding carboxylic acids is 3. The molecule has 0 saturated heterocycles. The fourth-order valence-electron chi connectivity index (χ4n) is 1.66. The Bertz CT molecular complexity index is 634. The highest BCUT2D eigenvalue weighted by Crippen LogP contribution is 2.38. The van der Waals surface area contributed by atoms with E-state index >= 15 is 0 Å². The molecule has 1 aliphatic rings. The van der Waals surface area contributed by atoms with Crippen LogP contribution in [0.3, 0.4) is 0 Å². The van der Waals surface area contributed by atoms with E-state index in [0.717, 1.165) is 0 Å². The van der Waals surface area contributed by atoms with Crippen LogP contribution in [0.4, 0.5) is 5.69 Å². The SMILES string of the molecule is C=C1Oc2cc(OC(C)=O)cc(C(=O)OC)c2NC1=O. The Balaban J connectivity index is 2.56. The van der Waals surface area contributed by atoms with Gasteiger partial charge in [-0.25, -0.2) is 4.79 Å². The molecule has 7 heteroatoms. The molecule has 1 aromatic carbocycles. The Labute approximate surface area is 114 Å². The molecular weight excluding hydrogens is 266 g/mol. The quantitative estimate of drug-likeness (QED) is 0.497. The number of hydrogen-bond acceptors (Lipinski definition) is 6. The molecule has 0 spiro atoms. The monoisotopic (exact) mass is 277 g/mol. The zero-order valence-corrected chi connectivity index (χ0v) is 10.8. The van der Waals surface area contributed by atoms with E-state index in [9.17, 15) is 14.4 Å². The number of rotatable bonds is 2. The summed E-state index contributed by atoms with van der Waals surface area (Å²) in [6, 6.07) is 2.65. The van der Waals surface area contributed by atoms with Gasteiger partial charge in [0, 0.05) is 13.0 Å². The summed E-state index contributed by atoms with van der Waals surface area (Å²) in [4.78, 5) is 34.2. The van der Waals surface area contributed by atoms with Gasteiger partial charge in [-0.3, -0.25) is 9.59 Å². The number of amides is 1. The van der Waals surface area contributed by atoms with Crippen LogP contribution in [0, 0.1) is 0 Å². The summed E-state index contributed by atoms with van der Waals surface area (Å²) in [7, 11) is 1.19. The van der Waals surface area contributed by atoms with Gasteiger partial charge in [0.1, 0.15) is 5.75 Å². The van der Waals surface area contributed by atoms with Crippen LogP contribution in [-0.4, -0.2) is 25.0 Å². The third-order valence-electron chi connectivity index (χ3n) is 2.47. The molecule has 0 aromatic heterocycles. The summed E-state index contributed by atoms with van der Waals surface area (Å²) in [6.45, 7) is 4.64. The lowest BCUT2D eigenvalue weighted by atomic mass is 10.1. The standard InChI is InChI=1S/C13H11NO6/c1-6-12(16)14-11-9(13(17)18-3)4-8(20-7(2)15)5-10(11)19-6/h4-5H,1H2,2-3H3,(H,14,16). The van der Waals surface area contributed by atoms with Crippen molar-refractivity contribution >= 4 is 23.5 Å². The van der Waals surface area contributed by atoms with Crippen molar-refractivity contribution < 1.29 is 28.6 Å². The van der Waals surface area contributed by atoms with Gasteiger partial charge in [0.05, 0.1) is 18.4 Å². The summed E-state index contributed by atoms with van der Waals surface area (Å²) >= 11 is 0. The highest BCUT2D eigenvalue weighted by atomic mass is 16.5. The molecule has 1 aliphatic heterocycles. The van der Waals surface area contributed by atoms with Crippen LogP contribution >= 0.6 is 0 Å². The first-order valence-corrected chi connectivity index (χ1v) is 5.55. The van der Waals surface area contributed by atoms with Crippen LogP contribution in [-0.2, 0) is 14.3 Å². The predicted octanol–water partition coefficient (Wildman–Crippen LogP) is 1.24. The van der Waals surface area contributed by atoms with Crippen LogP contribution in [0.25, 0.3) is 0 Å². The van der Waals surface area contributed by atoms with Crippen molar-refractivity contribution in [1.29, 1.82) is 0 Å². The van der Waals surface area contributed by atoms with Gasteiger partial charge >= 0.3 is 11.9 Å². The first-order valence-electron chi connectivity index (χ1n) is 5.55. The van der Waals surface area contributed by atoms with Crippen LogP contribution in [0.2, 0.25) is 0 Å². The largest absolute Gasteiger partial charge is 0.465 e. The van der Waals surface area contributed by atoms with Crippen LogP contribution in [0.5, 0.6) is 11.5 Å². The summed E-state index contributed by atoms with van der Waals surface area (Å²) in [5, 5.41) is 2.47. The minimum atomic E-state index is -0.702. The van der Waals surface area contributed by atoms with Gasteiger partial charge in [-0.2, -0.15) is 0 Å². The third-order valence-corrected chi connectivity index (χ3v) is 2.47. The van der Waals surface area contributed by atoms with Gasteiger partial charge in [0.25, 0.3) is 5.91 Å². The number of fused-ring (bicyclic) bond motifs is 1. The van der Waals surface area contributed by atoms with Crippen LogP contribution in [0.15, 0.2) is 24.5 Å². The first kappa shape index (κ1) is 13.6. The zero-order valence-electron chi connectivity index (χ0n) is 10.8. The van der Waals surface area contributed by atoms with Gasteiger partial charge in [0.15, 0.2) is 11.5 Å². The van der Waals surface area contributed by atoms with Gasteiger partial charge < -0.3 is 19.5 Å². The van der Waals surface area contributed by atoms with E-state index < -0.39 is 17.8 Å². The van der Waals surface area contributed by atoms with E-state index in [2.05, 4.69) is 16.6 Å². The van der Waals surface area contributed by atoms with E-state index in [1.165, 1.54) is 26.2 Å². The van der Waals surface area contributed by atoms with Crippen molar-refractivity contribution in [2.45, 2.75) is 6.92 Å². The maximum Gasteiger partial charge on any atom is 0.340 e. The topological polar surface area (TPSA) is 90.9 Å². The van der Waals surface area contributed by atoms with Gasteiger partial charge in [-0.15, -0.1) is 0 Å². The zero-order chi connectivity index (χ0) is 14.9. The lowest BCUT2D eigenvalue weighted by molar-refractivity contribution is -0.131. The Morgan fingerprint density at radius 1 is 1.35 bits per heavy atom. The van der Waals surface area contributed by atoms with E-state index in [1.54, 1.807) is 0 Å². The molecule has 1 aromatic rings. The Kier molecular flexibility index (Phi) is 3.43. The number of methoxy groups -OCH3 is 1. The lowest BCUT2D eigenvalue weighted by Gasteiger charge is -2.21. The molecule has 1 heterocycles. The molecule has 7 nitrogen and oxygen atoms in total. The van der Waals surface area contributed by atoms with Crippen molar-refractivity contribution in [3.8, 4) is 11.5 Å². The summed E-state index contributed by atoms with van der Waals surface area (Å²) in [5.41, 5.74) is 0.159. The fourth-order valence-corrected chi connectivity index (χ4v) is 1.66. The second-order valence-electron chi connectivity index (χ2n) is 3.91. The van der Waals surface area contributed by atoms with Gasteiger partial charge in [-0.1, -0.05) is 6.58 Å². The van der Waals surface area contributed by atoms with E-state index in [1.807, 2.05) is 0 Å². The Morgan fingerprint density at radius 3 is 2.65 bits per heavy atom. The predicted molar refractivity (Wildman–Crippen MR) is 67.5 cm³/mol. The van der Waals surface area contributed by atoms with Gasteiger partial charge in [-0.05, 0) is 6.07 Å². The summed E-state index contributed by atoms with van der Waals surface area (Å²) in [5.74, 6) is -1.71. The van der Waals surface area contributed by atoms with Crippen molar-refractivity contribution in [2.75, 3.05) is 12.4 Å². The minimum Gasteiger partial charge on any atom is -0.465 e. The highest BCUT2D eigenvalue weighted by Gasteiger charge is 2.27. The Morgan fingerprint density at radius 2 is 2.05 bits per heavy atom. The molecule has 0 aliphatic carbocycles. The van der Waals surface area contributed by atoms with E-state index in [-0.39, 0.29) is 28.5 Å². The van der Waals surface area contributed by atoms with Crippen molar-refractivity contribution in [1.82, 2.24) is 0 Å². The minimum absolute atomic E-state index is 0.0158. The van der Waals surface area contributed by atoms with Crippen molar-refractivity contribution in [2.24, 2.45) is 0 Å². The molecular formula is C13H11NO6. The molecule has 1 amide bonds. The molecule has 0 bridgehead atoms. The van der Waals surface area contributed by atoms with Gasteiger partial charge in [0.2, 0.25) is 0 Å². The average molecular weight is 277 g/mol.